The summed E-state index contributed by atoms with van der Waals surface area (Å²) >= 11 is 0. The SMILES string of the molecule is CC(C)N(CCOc1cccc(C#N)c1)C(C)C. The summed E-state index contributed by atoms with van der Waals surface area (Å²) < 4.78 is 5.69. The number of rotatable bonds is 6. The molecule has 1 aromatic rings. The van der Waals surface area contributed by atoms with Gasteiger partial charge in [-0.3, -0.25) is 4.90 Å². The number of hydrogen-bond acceptors (Lipinski definition) is 3. The zero-order valence-electron chi connectivity index (χ0n) is 11.7. The van der Waals surface area contributed by atoms with Crippen molar-refractivity contribution < 1.29 is 4.74 Å². The maximum atomic E-state index is 8.81. The van der Waals surface area contributed by atoms with Crippen LogP contribution >= 0.6 is 0 Å². The van der Waals surface area contributed by atoms with E-state index in [2.05, 4.69) is 38.7 Å². The van der Waals surface area contributed by atoms with E-state index in [1.54, 1.807) is 12.1 Å². The van der Waals surface area contributed by atoms with Crippen LogP contribution in [0.25, 0.3) is 0 Å². The van der Waals surface area contributed by atoms with Crippen molar-refractivity contribution >= 4 is 0 Å². The fraction of sp³-hybridized carbons (Fsp3) is 0.533. The summed E-state index contributed by atoms with van der Waals surface area (Å²) in [5, 5.41) is 8.81. The van der Waals surface area contributed by atoms with Crippen LogP contribution in [-0.4, -0.2) is 30.1 Å². The molecule has 0 fully saturated rings. The van der Waals surface area contributed by atoms with Crippen molar-refractivity contribution in [3.63, 3.8) is 0 Å². The molecule has 0 unspecified atom stereocenters. The molecule has 0 saturated heterocycles. The largest absolute Gasteiger partial charge is 0.492 e. The molecule has 0 spiro atoms. The highest BCUT2D eigenvalue weighted by atomic mass is 16.5. The molecule has 0 aliphatic rings. The molecule has 1 rings (SSSR count). The third-order valence-electron chi connectivity index (χ3n) is 2.91. The summed E-state index contributed by atoms with van der Waals surface area (Å²) in [7, 11) is 0. The zero-order valence-corrected chi connectivity index (χ0v) is 11.7. The van der Waals surface area contributed by atoms with Gasteiger partial charge < -0.3 is 4.74 Å². The minimum atomic E-state index is 0.513. The number of benzene rings is 1. The molecular weight excluding hydrogens is 224 g/mol. The maximum absolute atomic E-state index is 8.81. The molecule has 0 heterocycles. The second-order valence-corrected chi connectivity index (χ2v) is 4.91. The van der Waals surface area contributed by atoms with E-state index in [4.69, 9.17) is 10.00 Å². The highest BCUT2D eigenvalue weighted by Gasteiger charge is 2.12. The van der Waals surface area contributed by atoms with Crippen LogP contribution in [0.5, 0.6) is 5.75 Å². The summed E-state index contributed by atoms with van der Waals surface area (Å²) in [6, 6.07) is 10.4. The van der Waals surface area contributed by atoms with E-state index in [1.165, 1.54) is 0 Å². The van der Waals surface area contributed by atoms with Gasteiger partial charge in [-0.2, -0.15) is 5.26 Å². The average molecular weight is 246 g/mol. The first-order chi connectivity index (χ1) is 8.54. The molecule has 1 aromatic carbocycles. The van der Waals surface area contributed by atoms with Gasteiger partial charge in [0.2, 0.25) is 0 Å². The monoisotopic (exact) mass is 246 g/mol. The quantitative estimate of drug-likeness (QED) is 0.774. The number of hydrogen-bond donors (Lipinski definition) is 0. The third kappa shape index (κ3) is 4.38. The van der Waals surface area contributed by atoms with Crippen LogP contribution in [0.4, 0.5) is 0 Å². The Morgan fingerprint density at radius 1 is 1.22 bits per heavy atom. The van der Waals surface area contributed by atoms with Gasteiger partial charge >= 0.3 is 0 Å². The minimum Gasteiger partial charge on any atom is -0.492 e. The fourth-order valence-corrected chi connectivity index (χ4v) is 2.04. The molecule has 0 amide bonds. The van der Waals surface area contributed by atoms with E-state index in [0.717, 1.165) is 12.3 Å². The topological polar surface area (TPSA) is 36.3 Å². The average Bonchev–Trinajstić information content (AvgIpc) is 2.34. The van der Waals surface area contributed by atoms with Gasteiger partial charge in [-0.15, -0.1) is 0 Å². The Balaban J connectivity index is 2.48. The summed E-state index contributed by atoms with van der Waals surface area (Å²) in [5.41, 5.74) is 0.636. The molecular formula is C15H22N2O. The Morgan fingerprint density at radius 2 is 1.89 bits per heavy atom. The highest BCUT2D eigenvalue weighted by molar-refractivity contribution is 5.36. The fourth-order valence-electron chi connectivity index (χ4n) is 2.04. The maximum Gasteiger partial charge on any atom is 0.120 e. The number of nitriles is 1. The second kappa shape index (κ2) is 7.03. The van der Waals surface area contributed by atoms with Crippen LogP contribution in [0.1, 0.15) is 33.3 Å². The van der Waals surface area contributed by atoms with Gasteiger partial charge in [-0.05, 0) is 45.9 Å². The van der Waals surface area contributed by atoms with Gasteiger partial charge in [0.15, 0.2) is 0 Å². The van der Waals surface area contributed by atoms with E-state index in [1.807, 2.05) is 12.1 Å². The molecule has 98 valence electrons. The Bertz CT molecular complexity index is 399. The molecule has 3 heteroatoms. The van der Waals surface area contributed by atoms with Crippen molar-refractivity contribution in [1.29, 1.82) is 5.26 Å². The van der Waals surface area contributed by atoms with Crippen molar-refractivity contribution in [1.82, 2.24) is 4.90 Å². The lowest BCUT2D eigenvalue weighted by atomic mass is 10.2. The van der Waals surface area contributed by atoms with Crippen LogP contribution in [0.15, 0.2) is 24.3 Å². The van der Waals surface area contributed by atoms with Crippen LogP contribution in [0, 0.1) is 11.3 Å². The molecule has 3 nitrogen and oxygen atoms in total. The van der Waals surface area contributed by atoms with Crippen molar-refractivity contribution in [2.45, 2.75) is 39.8 Å². The predicted molar refractivity (Wildman–Crippen MR) is 73.6 cm³/mol. The molecule has 0 saturated carbocycles. The van der Waals surface area contributed by atoms with E-state index in [-0.39, 0.29) is 0 Å². The Morgan fingerprint density at radius 3 is 2.44 bits per heavy atom. The van der Waals surface area contributed by atoms with Gasteiger partial charge in [0, 0.05) is 18.6 Å². The first kappa shape index (κ1) is 14.5. The van der Waals surface area contributed by atoms with Gasteiger partial charge in [-0.25, -0.2) is 0 Å². The van der Waals surface area contributed by atoms with Gasteiger partial charge in [0.05, 0.1) is 11.6 Å². The molecule has 0 aromatic heterocycles. The molecule has 0 aliphatic heterocycles. The van der Waals surface area contributed by atoms with Crippen LogP contribution in [-0.2, 0) is 0 Å². The van der Waals surface area contributed by atoms with Gasteiger partial charge in [-0.1, -0.05) is 6.07 Å². The highest BCUT2D eigenvalue weighted by Crippen LogP contribution is 2.13. The van der Waals surface area contributed by atoms with Crippen molar-refractivity contribution in [3.8, 4) is 11.8 Å². The first-order valence-corrected chi connectivity index (χ1v) is 6.43. The third-order valence-corrected chi connectivity index (χ3v) is 2.91. The van der Waals surface area contributed by atoms with Crippen molar-refractivity contribution in [3.05, 3.63) is 29.8 Å². The van der Waals surface area contributed by atoms with Crippen molar-refractivity contribution in [2.75, 3.05) is 13.2 Å². The minimum absolute atomic E-state index is 0.513. The Labute approximate surface area is 110 Å². The van der Waals surface area contributed by atoms with Crippen LogP contribution in [0.3, 0.4) is 0 Å². The zero-order chi connectivity index (χ0) is 13.5. The molecule has 0 atom stereocenters. The molecule has 0 bridgehead atoms. The standard InChI is InChI=1S/C15H22N2O/c1-12(2)17(13(3)4)8-9-18-15-7-5-6-14(10-15)11-16/h5-7,10,12-13H,8-9H2,1-4H3. The lowest BCUT2D eigenvalue weighted by Crippen LogP contribution is -2.39. The van der Waals surface area contributed by atoms with Gasteiger partial charge in [0.25, 0.3) is 0 Å². The molecule has 0 N–H and O–H groups in total. The first-order valence-electron chi connectivity index (χ1n) is 6.43. The summed E-state index contributed by atoms with van der Waals surface area (Å²) in [6.07, 6.45) is 0. The van der Waals surface area contributed by atoms with E-state index in [9.17, 15) is 0 Å². The van der Waals surface area contributed by atoms with Crippen molar-refractivity contribution in [2.24, 2.45) is 0 Å². The number of ether oxygens (including phenoxy) is 1. The van der Waals surface area contributed by atoms with Gasteiger partial charge in [0.1, 0.15) is 12.4 Å². The lowest BCUT2D eigenvalue weighted by Gasteiger charge is -2.30. The molecule has 0 aliphatic carbocycles. The molecule has 0 radical (unpaired) electrons. The van der Waals surface area contributed by atoms with E-state index in [0.29, 0.717) is 24.3 Å². The smallest absolute Gasteiger partial charge is 0.120 e. The predicted octanol–water partition coefficient (Wildman–Crippen LogP) is 3.06. The summed E-state index contributed by atoms with van der Waals surface area (Å²) in [5.74, 6) is 0.765. The van der Waals surface area contributed by atoms with E-state index >= 15 is 0 Å². The summed E-state index contributed by atoms with van der Waals surface area (Å²) in [4.78, 5) is 2.38. The Hall–Kier alpha value is -1.53. The van der Waals surface area contributed by atoms with Crippen LogP contribution < -0.4 is 4.74 Å². The van der Waals surface area contributed by atoms with Crippen LogP contribution in [0.2, 0.25) is 0 Å². The summed E-state index contributed by atoms with van der Waals surface area (Å²) in [6.45, 7) is 10.3. The normalized spacial score (nSPS) is 11.0. The molecule has 18 heavy (non-hydrogen) atoms. The lowest BCUT2D eigenvalue weighted by molar-refractivity contribution is 0.142. The second-order valence-electron chi connectivity index (χ2n) is 4.91. The van der Waals surface area contributed by atoms with E-state index < -0.39 is 0 Å². The Kier molecular flexibility index (Phi) is 5.67. The number of nitrogens with zero attached hydrogens (tertiary/aromatic N) is 2.